The highest BCUT2D eigenvalue weighted by Gasteiger charge is 2.40. The summed E-state index contributed by atoms with van der Waals surface area (Å²) < 4.78 is 5.28. The molecular weight excluding hydrogens is 352 g/mol. The molecule has 3 rings (SSSR count). The Kier molecular flexibility index (Phi) is 6.07. The lowest BCUT2D eigenvalue weighted by molar-refractivity contribution is -0.127. The molecule has 2 fully saturated rings. The second-order valence-electron chi connectivity index (χ2n) is 7.42. The molecule has 2 amide bonds. The van der Waals surface area contributed by atoms with E-state index in [1.54, 1.807) is 18.2 Å². The lowest BCUT2D eigenvalue weighted by Gasteiger charge is -2.44. The van der Waals surface area contributed by atoms with Crippen LogP contribution < -0.4 is 15.4 Å². The van der Waals surface area contributed by atoms with Crippen LogP contribution in [0.4, 0.5) is 0 Å². The molecule has 1 saturated heterocycles. The van der Waals surface area contributed by atoms with Gasteiger partial charge in [-0.05, 0) is 55.7 Å². The molecule has 1 aromatic carbocycles. The van der Waals surface area contributed by atoms with Crippen LogP contribution in [0.5, 0.6) is 5.75 Å². The Morgan fingerprint density at radius 2 is 2.19 bits per heavy atom. The van der Waals surface area contributed by atoms with E-state index in [1.165, 1.54) is 7.11 Å². The molecule has 1 saturated carbocycles. The van der Waals surface area contributed by atoms with E-state index in [0.717, 1.165) is 32.1 Å². The molecule has 2 aliphatic rings. The van der Waals surface area contributed by atoms with Gasteiger partial charge in [-0.25, -0.2) is 0 Å². The molecule has 4 unspecified atom stereocenters. The Labute approximate surface area is 159 Å². The minimum Gasteiger partial charge on any atom is -0.496 e. The van der Waals surface area contributed by atoms with Crippen LogP contribution in [0.25, 0.3) is 0 Å². The number of benzene rings is 1. The van der Waals surface area contributed by atoms with Crippen molar-refractivity contribution >= 4 is 23.4 Å². The van der Waals surface area contributed by atoms with E-state index in [-0.39, 0.29) is 23.9 Å². The van der Waals surface area contributed by atoms with Gasteiger partial charge in [0, 0.05) is 23.5 Å². The van der Waals surface area contributed by atoms with Gasteiger partial charge in [-0.2, -0.15) is 0 Å². The molecule has 1 aromatic rings. The number of amides is 2. The van der Waals surface area contributed by atoms with Crippen molar-refractivity contribution in [2.45, 2.75) is 57.5 Å². The zero-order valence-corrected chi connectivity index (χ0v) is 16.1. The van der Waals surface area contributed by atoms with E-state index in [4.69, 9.17) is 16.3 Å². The van der Waals surface area contributed by atoms with Crippen LogP contribution in [0.3, 0.4) is 0 Å². The normalized spacial score (nSPS) is 28.0. The van der Waals surface area contributed by atoms with E-state index in [2.05, 4.69) is 17.6 Å². The van der Waals surface area contributed by atoms with Crippen molar-refractivity contribution in [3.05, 3.63) is 28.8 Å². The highest BCUT2D eigenvalue weighted by Crippen LogP contribution is 2.37. The SMILES string of the molecule is CCCC1CC(=O)NC2CC(NC(=O)c3cc(Cl)ccc3OC)CCC12. The highest BCUT2D eigenvalue weighted by atomic mass is 35.5. The average Bonchev–Trinajstić information content (AvgIpc) is 2.61. The smallest absolute Gasteiger partial charge is 0.255 e. The van der Waals surface area contributed by atoms with Crippen LogP contribution >= 0.6 is 11.6 Å². The molecule has 4 atom stereocenters. The quantitative estimate of drug-likeness (QED) is 0.823. The number of fused-ring (bicyclic) bond motifs is 1. The maximum Gasteiger partial charge on any atom is 0.255 e. The van der Waals surface area contributed by atoms with Gasteiger partial charge in [-0.15, -0.1) is 0 Å². The Hall–Kier alpha value is -1.75. The number of carbonyl (C=O) groups excluding carboxylic acids is 2. The molecule has 0 radical (unpaired) electrons. The second kappa shape index (κ2) is 8.30. The fourth-order valence-electron chi connectivity index (χ4n) is 4.52. The first-order chi connectivity index (χ1) is 12.5. The fraction of sp³-hybridized carbons (Fsp3) is 0.600. The zero-order valence-electron chi connectivity index (χ0n) is 15.4. The highest BCUT2D eigenvalue weighted by molar-refractivity contribution is 6.31. The standard InChI is InChI=1S/C20H27ClN2O3/c1-3-4-12-9-19(24)23-17-11-14(6-7-15(12)17)22-20(25)16-10-13(21)5-8-18(16)26-2/h5,8,10,12,14-15,17H,3-4,6-7,9,11H2,1-2H3,(H,22,25)(H,23,24). The number of halogens is 1. The first-order valence-electron chi connectivity index (χ1n) is 9.45. The molecule has 0 bridgehead atoms. The summed E-state index contributed by atoms with van der Waals surface area (Å²) in [4.78, 5) is 24.7. The number of hydrogen-bond acceptors (Lipinski definition) is 3. The monoisotopic (exact) mass is 378 g/mol. The number of ether oxygens (including phenoxy) is 1. The third-order valence-electron chi connectivity index (χ3n) is 5.70. The van der Waals surface area contributed by atoms with Crippen molar-refractivity contribution in [2.24, 2.45) is 11.8 Å². The molecule has 1 aliphatic carbocycles. The summed E-state index contributed by atoms with van der Waals surface area (Å²) in [5.74, 6) is 1.48. The minimum atomic E-state index is -0.181. The number of hydrogen-bond donors (Lipinski definition) is 2. The van der Waals surface area contributed by atoms with Crippen molar-refractivity contribution < 1.29 is 14.3 Å². The van der Waals surface area contributed by atoms with E-state index in [1.807, 2.05) is 0 Å². The third-order valence-corrected chi connectivity index (χ3v) is 5.94. The first kappa shape index (κ1) is 19.0. The molecule has 1 heterocycles. The fourth-order valence-corrected chi connectivity index (χ4v) is 4.69. The summed E-state index contributed by atoms with van der Waals surface area (Å²) >= 11 is 6.03. The minimum absolute atomic E-state index is 0.0492. The van der Waals surface area contributed by atoms with Crippen molar-refractivity contribution in [2.75, 3.05) is 7.11 Å². The van der Waals surface area contributed by atoms with Crippen LogP contribution in [0.1, 0.15) is 55.8 Å². The molecule has 5 nitrogen and oxygen atoms in total. The van der Waals surface area contributed by atoms with Gasteiger partial charge in [-0.3, -0.25) is 9.59 Å². The average molecular weight is 379 g/mol. The Balaban J connectivity index is 1.66. The van der Waals surface area contributed by atoms with Gasteiger partial charge in [0.05, 0.1) is 12.7 Å². The lowest BCUT2D eigenvalue weighted by atomic mass is 9.70. The van der Waals surface area contributed by atoms with Gasteiger partial charge in [-0.1, -0.05) is 24.9 Å². The largest absolute Gasteiger partial charge is 0.496 e. The van der Waals surface area contributed by atoms with Crippen molar-refractivity contribution in [1.29, 1.82) is 0 Å². The molecule has 26 heavy (non-hydrogen) atoms. The zero-order chi connectivity index (χ0) is 18.7. The van der Waals surface area contributed by atoms with Crippen LogP contribution in [0.2, 0.25) is 5.02 Å². The van der Waals surface area contributed by atoms with E-state index < -0.39 is 0 Å². The maximum atomic E-state index is 12.7. The number of piperidine rings is 1. The topological polar surface area (TPSA) is 67.4 Å². The molecule has 6 heteroatoms. The van der Waals surface area contributed by atoms with Crippen LogP contribution in [-0.2, 0) is 4.79 Å². The third kappa shape index (κ3) is 4.14. The van der Waals surface area contributed by atoms with Crippen molar-refractivity contribution in [1.82, 2.24) is 10.6 Å². The summed E-state index contributed by atoms with van der Waals surface area (Å²) in [6, 6.07) is 5.24. The van der Waals surface area contributed by atoms with Gasteiger partial charge in [0.25, 0.3) is 5.91 Å². The molecule has 2 N–H and O–H groups in total. The number of carbonyl (C=O) groups is 2. The van der Waals surface area contributed by atoms with Gasteiger partial charge < -0.3 is 15.4 Å². The first-order valence-corrected chi connectivity index (χ1v) is 9.83. The van der Waals surface area contributed by atoms with E-state index in [9.17, 15) is 9.59 Å². The number of rotatable bonds is 5. The van der Waals surface area contributed by atoms with Gasteiger partial charge in [0.15, 0.2) is 0 Å². The molecule has 0 aromatic heterocycles. The van der Waals surface area contributed by atoms with Gasteiger partial charge in [0.2, 0.25) is 5.91 Å². The summed E-state index contributed by atoms with van der Waals surface area (Å²) in [6.07, 6.45) is 5.61. The van der Waals surface area contributed by atoms with Gasteiger partial charge >= 0.3 is 0 Å². The molecular formula is C20H27ClN2O3. The van der Waals surface area contributed by atoms with Gasteiger partial charge in [0.1, 0.15) is 5.75 Å². The predicted octanol–water partition coefficient (Wildman–Crippen LogP) is 3.55. The number of nitrogens with one attached hydrogen (secondary N) is 2. The summed E-state index contributed by atoms with van der Waals surface area (Å²) in [6.45, 7) is 2.17. The van der Waals surface area contributed by atoms with Crippen LogP contribution in [0, 0.1) is 11.8 Å². The Morgan fingerprint density at radius 3 is 2.92 bits per heavy atom. The number of methoxy groups -OCH3 is 1. The van der Waals surface area contributed by atoms with Crippen molar-refractivity contribution in [3.63, 3.8) is 0 Å². The Morgan fingerprint density at radius 1 is 1.38 bits per heavy atom. The predicted molar refractivity (Wildman–Crippen MR) is 102 cm³/mol. The van der Waals surface area contributed by atoms with Crippen LogP contribution in [-0.4, -0.2) is 31.0 Å². The summed E-state index contributed by atoms with van der Waals surface area (Å²) in [7, 11) is 1.54. The van der Waals surface area contributed by atoms with Crippen LogP contribution in [0.15, 0.2) is 18.2 Å². The maximum absolute atomic E-state index is 12.7. The van der Waals surface area contributed by atoms with E-state index in [0.29, 0.717) is 34.6 Å². The van der Waals surface area contributed by atoms with E-state index >= 15 is 0 Å². The molecule has 0 spiro atoms. The molecule has 1 aliphatic heterocycles. The Bertz CT molecular complexity index is 679. The summed E-state index contributed by atoms with van der Waals surface area (Å²) in [5.41, 5.74) is 0.443. The van der Waals surface area contributed by atoms with Crippen molar-refractivity contribution in [3.8, 4) is 5.75 Å². The lowest BCUT2D eigenvalue weighted by Crippen LogP contribution is -2.55. The summed E-state index contributed by atoms with van der Waals surface area (Å²) in [5, 5.41) is 6.75. The second-order valence-corrected chi connectivity index (χ2v) is 7.86. The molecule has 142 valence electrons.